The molecule has 5 nitrogen and oxygen atoms in total. The van der Waals surface area contributed by atoms with Crippen molar-refractivity contribution in [2.24, 2.45) is 0 Å². The number of carbonyl (C=O) groups excluding carboxylic acids is 1. The number of para-hydroxylation sites is 1. The van der Waals surface area contributed by atoms with Gasteiger partial charge in [-0.05, 0) is 48.4 Å². The normalized spacial score (nSPS) is 14.2. The third-order valence-electron chi connectivity index (χ3n) is 6.33. The third kappa shape index (κ3) is 3.98. The van der Waals surface area contributed by atoms with Crippen LogP contribution >= 0.6 is 0 Å². The van der Waals surface area contributed by atoms with Crippen molar-refractivity contribution in [1.29, 1.82) is 0 Å². The van der Waals surface area contributed by atoms with Gasteiger partial charge in [-0.1, -0.05) is 54.6 Å². The van der Waals surface area contributed by atoms with Crippen molar-refractivity contribution >= 4 is 22.4 Å². The topological polar surface area (TPSA) is 41.4 Å². The zero-order chi connectivity index (χ0) is 22.1. The Kier molecular flexibility index (Phi) is 5.39. The standard InChI is InChI=1S/C27H28N4O/c1-20-17-21(2)31(28-20)19-27(32)30-15-13-29(14-16-30)26-10-6-5-9-25(26)24-12-11-22-7-3-4-8-23(22)18-24/h3-12,17-18H,13-16,19H2,1-2H3. The molecule has 1 aliphatic rings. The Hall–Kier alpha value is -3.60. The number of fused-ring (bicyclic) bond motifs is 1. The summed E-state index contributed by atoms with van der Waals surface area (Å²) in [6.45, 7) is 7.37. The van der Waals surface area contributed by atoms with E-state index in [4.69, 9.17) is 0 Å². The largest absolute Gasteiger partial charge is 0.367 e. The van der Waals surface area contributed by atoms with Crippen molar-refractivity contribution < 1.29 is 4.79 Å². The first-order valence-electron chi connectivity index (χ1n) is 11.2. The molecule has 0 unspecified atom stereocenters. The Morgan fingerprint density at radius 3 is 2.31 bits per heavy atom. The molecule has 5 heteroatoms. The number of amides is 1. The highest BCUT2D eigenvalue weighted by atomic mass is 16.2. The van der Waals surface area contributed by atoms with Crippen molar-refractivity contribution in [3.05, 3.63) is 84.2 Å². The third-order valence-corrected chi connectivity index (χ3v) is 6.33. The smallest absolute Gasteiger partial charge is 0.244 e. The van der Waals surface area contributed by atoms with E-state index in [2.05, 4.69) is 76.7 Å². The highest BCUT2D eigenvalue weighted by Gasteiger charge is 2.23. The Labute approximate surface area is 188 Å². The van der Waals surface area contributed by atoms with Crippen LogP contribution in [0.25, 0.3) is 21.9 Å². The number of rotatable bonds is 4. The van der Waals surface area contributed by atoms with E-state index in [1.54, 1.807) is 4.68 Å². The summed E-state index contributed by atoms with van der Waals surface area (Å²) < 4.78 is 1.80. The number of hydrogen-bond acceptors (Lipinski definition) is 3. The molecule has 2 heterocycles. The molecule has 0 saturated carbocycles. The molecule has 1 fully saturated rings. The van der Waals surface area contributed by atoms with Gasteiger partial charge in [0.2, 0.25) is 5.91 Å². The summed E-state index contributed by atoms with van der Waals surface area (Å²) in [7, 11) is 0. The first-order valence-corrected chi connectivity index (χ1v) is 11.2. The van der Waals surface area contributed by atoms with Gasteiger partial charge in [-0.15, -0.1) is 0 Å². The minimum Gasteiger partial charge on any atom is -0.367 e. The van der Waals surface area contributed by atoms with Crippen LogP contribution in [0.5, 0.6) is 0 Å². The number of carbonyl (C=O) groups is 1. The second-order valence-electron chi connectivity index (χ2n) is 8.53. The van der Waals surface area contributed by atoms with E-state index in [0.717, 1.165) is 37.6 Å². The van der Waals surface area contributed by atoms with Gasteiger partial charge in [0, 0.05) is 43.1 Å². The van der Waals surface area contributed by atoms with Crippen molar-refractivity contribution in [2.45, 2.75) is 20.4 Å². The minimum absolute atomic E-state index is 0.138. The molecule has 1 amide bonds. The average Bonchev–Trinajstić information content (AvgIpc) is 3.15. The maximum atomic E-state index is 12.8. The summed E-state index contributed by atoms with van der Waals surface area (Å²) in [5.74, 6) is 0.138. The van der Waals surface area contributed by atoms with Crippen LogP contribution in [0.2, 0.25) is 0 Å². The molecule has 0 aliphatic carbocycles. The molecule has 0 N–H and O–H groups in total. The van der Waals surface area contributed by atoms with Gasteiger partial charge in [0.1, 0.15) is 6.54 Å². The lowest BCUT2D eigenvalue weighted by Gasteiger charge is -2.37. The minimum atomic E-state index is 0.138. The Balaban J connectivity index is 1.32. The molecule has 3 aromatic carbocycles. The van der Waals surface area contributed by atoms with Crippen molar-refractivity contribution in [3.8, 4) is 11.1 Å². The van der Waals surface area contributed by atoms with Crippen LogP contribution in [-0.4, -0.2) is 46.8 Å². The molecule has 1 aliphatic heterocycles. The van der Waals surface area contributed by atoms with Crippen LogP contribution in [0.15, 0.2) is 72.8 Å². The predicted molar refractivity (Wildman–Crippen MR) is 130 cm³/mol. The van der Waals surface area contributed by atoms with Crippen LogP contribution in [0.3, 0.4) is 0 Å². The highest BCUT2D eigenvalue weighted by molar-refractivity contribution is 5.90. The van der Waals surface area contributed by atoms with E-state index in [-0.39, 0.29) is 5.91 Å². The maximum Gasteiger partial charge on any atom is 0.244 e. The van der Waals surface area contributed by atoms with Crippen molar-refractivity contribution in [1.82, 2.24) is 14.7 Å². The average molecular weight is 425 g/mol. The first-order chi connectivity index (χ1) is 15.6. The van der Waals surface area contributed by atoms with Crippen LogP contribution in [0.4, 0.5) is 5.69 Å². The van der Waals surface area contributed by atoms with Gasteiger partial charge in [-0.3, -0.25) is 9.48 Å². The lowest BCUT2D eigenvalue weighted by atomic mass is 9.99. The van der Waals surface area contributed by atoms with Crippen LogP contribution in [-0.2, 0) is 11.3 Å². The van der Waals surface area contributed by atoms with Crippen molar-refractivity contribution in [2.75, 3.05) is 31.1 Å². The van der Waals surface area contributed by atoms with E-state index >= 15 is 0 Å². The summed E-state index contributed by atoms with van der Waals surface area (Å²) in [6.07, 6.45) is 0. The van der Waals surface area contributed by atoms with Gasteiger partial charge in [0.15, 0.2) is 0 Å². The van der Waals surface area contributed by atoms with E-state index in [9.17, 15) is 4.79 Å². The number of nitrogens with zero attached hydrogens (tertiary/aromatic N) is 4. The monoisotopic (exact) mass is 424 g/mol. The van der Waals surface area contributed by atoms with E-state index in [1.807, 2.05) is 24.8 Å². The molecule has 0 spiro atoms. The highest BCUT2D eigenvalue weighted by Crippen LogP contribution is 2.33. The summed E-state index contributed by atoms with van der Waals surface area (Å²) in [6, 6.07) is 25.7. The van der Waals surface area contributed by atoms with Crippen molar-refractivity contribution in [3.63, 3.8) is 0 Å². The van der Waals surface area contributed by atoms with E-state index in [1.165, 1.54) is 27.6 Å². The lowest BCUT2D eigenvalue weighted by Crippen LogP contribution is -2.49. The van der Waals surface area contributed by atoms with Gasteiger partial charge in [0.05, 0.1) is 5.69 Å². The lowest BCUT2D eigenvalue weighted by molar-refractivity contribution is -0.132. The molecular weight excluding hydrogens is 396 g/mol. The molecule has 1 aromatic heterocycles. The van der Waals surface area contributed by atoms with Gasteiger partial charge in [0.25, 0.3) is 0 Å². The fraction of sp³-hybridized carbons (Fsp3) is 0.259. The molecule has 4 aromatic rings. The van der Waals surface area contributed by atoms with Gasteiger partial charge < -0.3 is 9.80 Å². The Bertz CT molecular complexity index is 1270. The summed E-state index contributed by atoms with van der Waals surface area (Å²) in [5, 5.41) is 6.94. The van der Waals surface area contributed by atoms with Crippen LogP contribution < -0.4 is 4.90 Å². The number of anilines is 1. The summed E-state index contributed by atoms with van der Waals surface area (Å²) in [4.78, 5) is 17.2. The fourth-order valence-corrected chi connectivity index (χ4v) is 4.61. The molecule has 162 valence electrons. The quantitative estimate of drug-likeness (QED) is 0.478. The van der Waals surface area contributed by atoms with E-state index in [0.29, 0.717) is 6.54 Å². The second kappa shape index (κ2) is 8.50. The molecule has 5 rings (SSSR count). The molecule has 0 atom stereocenters. The van der Waals surface area contributed by atoms with Gasteiger partial charge in [-0.25, -0.2) is 0 Å². The SMILES string of the molecule is Cc1cc(C)n(CC(=O)N2CCN(c3ccccc3-c3ccc4ccccc4c3)CC2)n1. The van der Waals surface area contributed by atoms with Gasteiger partial charge >= 0.3 is 0 Å². The fourth-order valence-electron chi connectivity index (χ4n) is 4.61. The van der Waals surface area contributed by atoms with Crippen LogP contribution in [0.1, 0.15) is 11.4 Å². The maximum absolute atomic E-state index is 12.8. The first kappa shape index (κ1) is 20.3. The number of piperazine rings is 1. The molecule has 0 bridgehead atoms. The number of aromatic nitrogens is 2. The Morgan fingerprint density at radius 2 is 1.56 bits per heavy atom. The number of benzene rings is 3. The zero-order valence-corrected chi connectivity index (χ0v) is 18.7. The zero-order valence-electron chi connectivity index (χ0n) is 18.7. The second-order valence-corrected chi connectivity index (χ2v) is 8.53. The number of hydrogen-bond donors (Lipinski definition) is 0. The van der Waals surface area contributed by atoms with Crippen LogP contribution in [0, 0.1) is 13.8 Å². The Morgan fingerprint density at radius 1 is 0.844 bits per heavy atom. The summed E-state index contributed by atoms with van der Waals surface area (Å²) in [5.41, 5.74) is 5.67. The molecule has 32 heavy (non-hydrogen) atoms. The molecule has 1 saturated heterocycles. The molecular formula is C27H28N4O. The van der Waals surface area contributed by atoms with Gasteiger partial charge in [-0.2, -0.15) is 5.10 Å². The molecule has 0 radical (unpaired) electrons. The predicted octanol–water partition coefficient (Wildman–Crippen LogP) is 4.67. The number of aryl methyl sites for hydroxylation is 2. The summed E-state index contributed by atoms with van der Waals surface area (Å²) >= 11 is 0. The van der Waals surface area contributed by atoms with E-state index < -0.39 is 0 Å².